The second kappa shape index (κ2) is 8.84. The molecule has 4 atom stereocenters. The van der Waals surface area contributed by atoms with Gasteiger partial charge in [0.25, 0.3) is 11.8 Å². The van der Waals surface area contributed by atoms with E-state index < -0.39 is 12.2 Å². The predicted molar refractivity (Wildman–Crippen MR) is 118 cm³/mol. The standard InChI is InChI=1S/C22H29FN6O2/c1-13-19(5-4-17(25-13)22(31)24-3)29-8-6-28(7-9-29)12-15-10-16(23)20-18(11-15)27-21(30)14(2)26-20/h4-5,10-11,13,16,19-20H,6-9,12H2,1-3H3,(H,24,31)(H,27,30). The Morgan fingerprint density at radius 3 is 2.71 bits per heavy atom. The van der Waals surface area contributed by atoms with Crippen molar-refractivity contribution in [1.29, 1.82) is 0 Å². The molecule has 0 aromatic rings. The van der Waals surface area contributed by atoms with E-state index in [1.165, 1.54) is 0 Å². The van der Waals surface area contributed by atoms with Crippen LogP contribution in [0, 0.1) is 0 Å². The summed E-state index contributed by atoms with van der Waals surface area (Å²) in [6.45, 7) is 7.72. The molecule has 2 amide bonds. The van der Waals surface area contributed by atoms with Gasteiger partial charge in [0, 0.05) is 45.5 Å². The van der Waals surface area contributed by atoms with E-state index in [0.717, 1.165) is 31.8 Å². The van der Waals surface area contributed by atoms with Crippen molar-refractivity contribution in [3.05, 3.63) is 35.6 Å². The van der Waals surface area contributed by atoms with E-state index in [9.17, 15) is 14.0 Å². The van der Waals surface area contributed by atoms with Crippen LogP contribution in [0.3, 0.4) is 0 Å². The average Bonchev–Trinajstić information content (AvgIpc) is 2.75. The van der Waals surface area contributed by atoms with Crippen LogP contribution in [-0.2, 0) is 9.59 Å². The maximum Gasteiger partial charge on any atom is 0.269 e. The lowest BCUT2D eigenvalue weighted by Gasteiger charge is -2.41. The number of dihydropyridines is 1. The first-order valence-corrected chi connectivity index (χ1v) is 10.7. The largest absolute Gasteiger partial charge is 0.354 e. The van der Waals surface area contributed by atoms with Gasteiger partial charge < -0.3 is 10.6 Å². The summed E-state index contributed by atoms with van der Waals surface area (Å²) < 4.78 is 14.6. The second-order valence-corrected chi connectivity index (χ2v) is 8.40. The molecule has 4 rings (SSSR count). The number of aliphatic imine (C=N–C) groups is 2. The third-order valence-corrected chi connectivity index (χ3v) is 6.24. The van der Waals surface area contributed by atoms with Gasteiger partial charge >= 0.3 is 0 Å². The number of nitrogens with zero attached hydrogens (tertiary/aromatic N) is 4. The predicted octanol–water partition coefficient (Wildman–Crippen LogP) is 0.239. The van der Waals surface area contributed by atoms with Gasteiger partial charge in [0.2, 0.25) is 0 Å². The summed E-state index contributed by atoms with van der Waals surface area (Å²) in [5, 5.41) is 5.38. The monoisotopic (exact) mass is 428 g/mol. The molecule has 0 radical (unpaired) electrons. The van der Waals surface area contributed by atoms with E-state index in [2.05, 4.69) is 36.5 Å². The van der Waals surface area contributed by atoms with Crippen LogP contribution in [0.5, 0.6) is 0 Å². The van der Waals surface area contributed by atoms with Crippen molar-refractivity contribution in [1.82, 2.24) is 20.4 Å². The van der Waals surface area contributed by atoms with E-state index in [4.69, 9.17) is 0 Å². The van der Waals surface area contributed by atoms with Crippen molar-refractivity contribution >= 4 is 23.2 Å². The van der Waals surface area contributed by atoms with Crippen molar-refractivity contribution < 1.29 is 14.0 Å². The fraction of sp³-hybridized carbons (Fsp3) is 0.545. The van der Waals surface area contributed by atoms with Gasteiger partial charge in [-0.1, -0.05) is 6.08 Å². The quantitative estimate of drug-likeness (QED) is 0.671. The van der Waals surface area contributed by atoms with Gasteiger partial charge in [0.15, 0.2) is 0 Å². The summed E-state index contributed by atoms with van der Waals surface area (Å²) >= 11 is 0. The van der Waals surface area contributed by atoms with E-state index in [0.29, 0.717) is 23.7 Å². The van der Waals surface area contributed by atoms with Crippen LogP contribution in [0.1, 0.15) is 13.8 Å². The van der Waals surface area contributed by atoms with Crippen molar-refractivity contribution in [3.8, 4) is 0 Å². The number of piperazine rings is 1. The normalized spacial score (nSPS) is 31.7. The topological polar surface area (TPSA) is 89.4 Å². The van der Waals surface area contributed by atoms with E-state index in [1.54, 1.807) is 26.1 Å². The number of carbonyl (C=O) groups excluding carboxylic acids is 2. The zero-order valence-electron chi connectivity index (χ0n) is 18.1. The number of rotatable bonds is 4. The lowest BCUT2D eigenvalue weighted by molar-refractivity contribution is -0.115. The van der Waals surface area contributed by atoms with Crippen LogP contribution >= 0.6 is 0 Å². The molecule has 3 heterocycles. The maximum atomic E-state index is 14.6. The maximum absolute atomic E-state index is 14.6. The zero-order valence-corrected chi connectivity index (χ0v) is 18.1. The smallest absolute Gasteiger partial charge is 0.269 e. The summed E-state index contributed by atoms with van der Waals surface area (Å²) in [5.41, 5.74) is 2.20. The summed E-state index contributed by atoms with van der Waals surface area (Å²) in [6, 6.07) is -0.461. The molecule has 166 valence electrons. The Morgan fingerprint density at radius 2 is 2.03 bits per heavy atom. The molecule has 0 bridgehead atoms. The number of hydrogen-bond donors (Lipinski definition) is 2. The highest BCUT2D eigenvalue weighted by atomic mass is 19.1. The first-order valence-electron chi connectivity index (χ1n) is 10.7. The molecule has 1 aliphatic carbocycles. The number of alkyl halides is 1. The van der Waals surface area contributed by atoms with Gasteiger partial charge in [-0.15, -0.1) is 0 Å². The Hall–Kier alpha value is -2.65. The molecule has 0 aromatic carbocycles. The number of carbonyl (C=O) groups is 2. The minimum absolute atomic E-state index is 0.0118. The highest BCUT2D eigenvalue weighted by Gasteiger charge is 2.33. The molecule has 4 aliphatic rings. The molecule has 3 aliphatic heterocycles. The van der Waals surface area contributed by atoms with Gasteiger partial charge in [-0.2, -0.15) is 0 Å². The van der Waals surface area contributed by atoms with Crippen LogP contribution in [0.25, 0.3) is 0 Å². The van der Waals surface area contributed by atoms with Crippen LogP contribution in [0.15, 0.2) is 45.6 Å². The highest BCUT2D eigenvalue weighted by molar-refractivity contribution is 6.43. The lowest BCUT2D eigenvalue weighted by Crippen LogP contribution is -2.53. The molecule has 2 N–H and O–H groups in total. The fourth-order valence-corrected chi connectivity index (χ4v) is 4.49. The van der Waals surface area contributed by atoms with Gasteiger partial charge in [-0.3, -0.25) is 29.4 Å². The Labute approximate surface area is 181 Å². The molecule has 1 saturated heterocycles. The average molecular weight is 429 g/mol. The highest BCUT2D eigenvalue weighted by Crippen LogP contribution is 2.26. The van der Waals surface area contributed by atoms with Crippen LogP contribution in [0.2, 0.25) is 0 Å². The molecule has 0 spiro atoms. The number of amides is 2. The molecular formula is C22H29FN6O2. The van der Waals surface area contributed by atoms with Crippen molar-refractivity contribution in [2.24, 2.45) is 9.98 Å². The Balaban J connectivity index is 1.33. The van der Waals surface area contributed by atoms with Crippen LogP contribution < -0.4 is 10.6 Å². The Bertz CT molecular complexity index is 913. The van der Waals surface area contributed by atoms with Gasteiger partial charge in [0.05, 0.1) is 17.8 Å². The summed E-state index contributed by atoms with van der Waals surface area (Å²) in [6.07, 6.45) is 6.12. The number of halogens is 1. The minimum Gasteiger partial charge on any atom is -0.354 e. The first kappa shape index (κ1) is 21.6. The molecular weight excluding hydrogens is 399 g/mol. The van der Waals surface area contributed by atoms with Crippen molar-refractivity contribution in [2.45, 2.75) is 38.1 Å². The summed E-state index contributed by atoms with van der Waals surface area (Å²) in [7, 11) is 1.61. The van der Waals surface area contributed by atoms with Crippen molar-refractivity contribution in [3.63, 3.8) is 0 Å². The first-order chi connectivity index (χ1) is 14.9. The summed E-state index contributed by atoms with van der Waals surface area (Å²) in [5.74, 6) is -0.425. The van der Waals surface area contributed by atoms with Gasteiger partial charge in [-0.25, -0.2) is 4.39 Å². The molecule has 4 unspecified atom stereocenters. The van der Waals surface area contributed by atoms with Crippen LogP contribution in [-0.4, -0.2) is 97.1 Å². The van der Waals surface area contributed by atoms with Gasteiger partial charge in [0.1, 0.15) is 17.9 Å². The molecule has 0 saturated carbocycles. The SMILES string of the molecule is CNC(=O)C1=NC(C)C(N2CCN(CC3=CC(F)C4N=C(C)C(=O)NC4=C3)CC2)C=C1. The second-order valence-electron chi connectivity index (χ2n) is 8.40. The fourth-order valence-electron chi connectivity index (χ4n) is 4.49. The minimum atomic E-state index is -1.23. The summed E-state index contributed by atoms with van der Waals surface area (Å²) in [4.78, 5) is 37.1. The molecule has 0 aromatic heterocycles. The number of hydrogen-bond acceptors (Lipinski definition) is 6. The van der Waals surface area contributed by atoms with Crippen LogP contribution in [0.4, 0.5) is 4.39 Å². The van der Waals surface area contributed by atoms with E-state index >= 15 is 0 Å². The lowest BCUT2D eigenvalue weighted by atomic mass is 9.95. The molecule has 31 heavy (non-hydrogen) atoms. The number of nitrogens with one attached hydrogen (secondary N) is 2. The van der Waals surface area contributed by atoms with Gasteiger partial charge in [-0.05, 0) is 37.6 Å². The number of fused-ring (bicyclic) bond motifs is 1. The molecule has 1 fully saturated rings. The molecule has 8 nitrogen and oxygen atoms in total. The molecule has 9 heteroatoms. The van der Waals surface area contributed by atoms with Crippen molar-refractivity contribution in [2.75, 3.05) is 39.8 Å². The van der Waals surface area contributed by atoms with E-state index in [-0.39, 0.29) is 23.9 Å². The zero-order chi connectivity index (χ0) is 22.1. The third-order valence-electron chi connectivity index (χ3n) is 6.24. The van der Waals surface area contributed by atoms with E-state index in [1.807, 2.05) is 13.0 Å². The Kier molecular flexibility index (Phi) is 6.15. The Morgan fingerprint density at radius 1 is 1.29 bits per heavy atom. The third kappa shape index (κ3) is 4.52.